The summed E-state index contributed by atoms with van der Waals surface area (Å²) in [7, 11) is 2.03. The molecule has 0 aliphatic carbocycles. The van der Waals surface area contributed by atoms with E-state index in [1.54, 1.807) is 0 Å². The highest BCUT2D eigenvalue weighted by atomic mass is 16.5. The van der Waals surface area contributed by atoms with Gasteiger partial charge in [0.1, 0.15) is 5.75 Å². The Morgan fingerprint density at radius 3 is 3.05 bits per heavy atom. The van der Waals surface area contributed by atoms with Crippen LogP contribution in [0.4, 0.5) is 0 Å². The van der Waals surface area contributed by atoms with Crippen LogP contribution in [-0.4, -0.2) is 17.7 Å². The van der Waals surface area contributed by atoms with Gasteiger partial charge in [0.25, 0.3) is 0 Å². The summed E-state index contributed by atoms with van der Waals surface area (Å²) >= 11 is 0. The average molecular weight is 258 g/mol. The van der Waals surface area contributed by atoms with Crippen molar-refractivity contribution in [2.75, 3.05) is 13.2 Å². The predicted molar refractivity (Wildman–Crippen MR) is 75.8 cm³/mol. The first kappa shape index (κ1) is 12.2. The highest BCUT2D eigenvalue weighted by Crippen LogP contribution is 2.22. The zero-order valence-electron chi connectivity index (χ0n) is 11.3. The molecule has 100 valence electrons. The van der Waals surface area contributed by atoms with Crippen molar-refractivity contribution in [1.29, 1.82) is 0 Å². The number of rotatable bonds is 2. The van der Waals surface area contributed by atoms with Crippen LogP contribution in [0, 0.1) is 0 Å². The maximum atomic E-state index is 12.6. The minimum atomic E-state index is 0.136. The van der Waals surface area contributed by atoms with Crippen LogP contribution in [-0.2, 0) is 20.0 Å². The summed E-state index contributed by atoms with van der Waals surface area (Å²) in [5, 5.41) is 4.02. The predicted octanol–water partition coefficient (Wildman–Crippen LogP) is 1.58. The van der Waals surface area contributed by atoms with Crippen molar-refractivity contribution in [1.82, 2.24) is 9.88 Å². The molecule has 3 rings (SSSR count). The molecular weight excluding hydrogens is 240 g/mol. The zero-order valence-corrected chi connectivity index (χ0v) is 11.3. The van der Waals surface area contributed by atoms with Crippen LogP contribution in [0.25, 0.3) is 10.9 Å². The van der Waals surface area contributed by atoms with Gasteiger partial charge in [0.05, 0.1) is 12.1 Å². The Kier molecular flexibility index (Phi) is 3.03. The molecule has 2 heterocycles. The molecule has 0 amide bonds. The molecule has 1 N–H and O–H groups in total. The highest BCUT2D eigenvalue weighted by molar-refractivity contribution is 5.82. The van der Waals surface area contributed by atoms with Crippen LogP contribution in [0.15, 0.2) is 23.0 Å². The molecule has 0 bridgehead atoms. The van der Waals surface area contributed by atoms with Crippen molar-refractivity contribution in [2.45, 2.75) is 19.9 Å². The summed E-state index contributed by atoms with van der Waals surface area (Å²) < 4.78 is 7.63. The molecule has 0 spiro atoms. The van der Waals surface area contributed by atoms with Crippen LogP contribution in [0.1, 0.15) is 18.2 Å². The van der Waals surface area contributed by atoms with E-state index in [-0.39, 0.29) is 5.43 Å². The SMILES string of the molecule is CCOc1ccc2c(c1)c(=O)c1c(n2C)CCNC1. The van der Waals surface area contributed by atoms with Crippen molar-refractivity contribution in [2.24, 2.45) is 7.05 Å². The number of hydrogen-bond acceptors (Lipinski definition) is 3. The molecule has 0 saturated heterocycles. The first-order valence-electron chi connectivity index (χ1n) is 6.70. The van der Waals surface area contributed by atoms with Crippen molar-refractivity contribution in [3.05, 3.63) is 39.7 Å². The van der Waals surface area contributed by atoms with Gasteiger partial charge in [-0.05, 0) is 25.1 Å². The number of nitrogens with zero attached hydrogens (tertiary/aromatic N) is 1. The van der Waals surface area contributed by atoms with E-state index in [9.17, 15) is 4.79 Å². The number of pyridine rings is 1. The van der Waals surface area contributed by atoms with Crippen LogP contribution in [0.5, 0.6) is 5.75 Å². The fraction of sp³-hybridized carbons (Fsp3) is 0.400. The Labute approximate surface area is 112 Å². The van der Waals surface area contributed by atoms with Crippen LogP contribution in [0.3, 0.4) is 0 Å². The number of fused-ring (bicyclic) bond motifs is 2. The Hall–Kier alpha value is -1.81. The van der Waals surface area contributed by atoms with Gasteiger partial charge in [-0.25, -0.2) is 0 Å². The number of aromatic nitrogens is 1. The Bertz CT molecular complexity index is 689. The van der Waals surface area contributed by atoms with Gasteiger partial charge >= 0.3 is 0 Å². The Balaban J connectivity index is 2.31. The number of ether oxygens (including phenoxy) is 1. The molecular formula is C15H18N2O2. The fourth-order valence-corrected chi connectivity index (χ4v) is 2.81. The highest BCUT2D eigenvalue weighted by Gasteiger charge is 2.18. The maximum absolute atomic E-state index is 12.6. The van der Waals surface area contributed by atoms with Gasteiger partial charge in [-0.2, -0.15) is 0 Å². The van der Waals surface area contributed by atoms with Gasteiger partial charge in [-0.3, -0.25) is 4.79 Å². The van der Waals surface area contributed by atoms with E-state index in [1.807, 2.05) is 32.2 Å². The van der Waals surface area contributed by atoms with Gasteiger partial charge < -0.3 is 14.6 Å². The lowest BCUT2D eigenvalue weighted by atomic mass is 10.0. The van der Waals surface area contributed by atoms with Gasteiger partial charge in [-0.15, -0.1) is 0 Å². The van der Waals surface area contributed by atoms with E-state index >= 15 is 0 Å². The van der Waals surface area contributed by atoms with Crippen molar-refractivity contribution < 1.29 is 4.74 Å². The summed E-state index contributed by atoms with van der Waals surface area (Å²) in [6.07, 6.45) is 0.907. The van der Waals surface area contributed by atoms with Gasteiger partial charge in [0.15, 0.2) is 5.43 Å². The zero-order chi connectivity index (χ0) is 13.4. The van der Waals surface area contributed by atoms with Crippen molar-refractivity contribution in [3.8, 4) is 5.75 Å². The number of aryl methyl sites for hydroxylation is 1. The van der Waals surface area contributed by atoms with Gasteiger partial charge in [0.2, 0.25) is 0 Å². The Morgan fingerprint density at radius 1 is 1.42 bits per heavy atom. The molecule has 1 aromatic heterocycles. The number of benzene rings is 1. The largest absolute Gasteiger partial charge is 0.494 e. The van der Waals surface area contributed by atoms with Gasteiger partial charge in [0, 0.05) is 43.2 Å². The smallest absolute Gasteiger partial charge is 0.194 e. The standard InChI is InChI=1S/C15H18N2O2/c1-3-19-10-4-5-13-11(8-10)15(18)12-9-16-7-6-14(12)17(13)2/h4-5,8,16H,3,6-7,9H2,1-2H3. The summed E-state index contributed by atoms with van der Waals surface area (Å²) in [5.74, 6) is 0.760. The molecule has 0 fully saturated rings. The third-order valence-corrected chi connectivity index (χ3v) is 3.75. The molecule has 0 atom stereocenters. The molecule has 2 aromatic rings. The molecule has 0 unspecified atom stereocenters. The molecule has 4 nitrogen and oxygen atoms in total. The normalized spacial score (nSPS) is 14.4. The quantitative estimate of drug-likeness (QED) is 0.889. The molecule has 0 saturated carbocycles. The first-order valence-corrected chi connectivity index (χ1v) is 6.70. The summed E-state index contributed by atoms with van der Waals surface area (Å²) in [6, 6.07) is 5.76. The van der Waals surface area contributed by atoms with Gasteiger partial charge in [-0.1, -0.05) is 0 Å². The fourth-order valence-electron chi connectivity index (χ4n) is 2.81. The third kappa shape index (κ3) is 1.92. The molecule has 1 aliphatic heterocycles. The minimum Gasteiger partial charge on any atom is -0.494 e. The second-order valence-electron chi connectivity index (χ2n) is 4.85. The summed E-state index contributed by atoms with van der Waals surface area (Å²) in [6.45, 7) is 4.15. The second kappa shape index (κ2) is 4.70. The Morgan fingerprint density at radius 2 is 2.26 bits per heavy atom. The number of hydrogen-bond donors (Lipinski definition) is 1. The monoisotopic (exact) mass is 258 g/mol. The van der Waals surface area contributed by atoms with E-state index in [1.165, 1.54) is 0 Å². The third-order valence-electron chi connectivity index (χ3n) is 3.75. The van der Waals surface area contributed by atoms with E-state index in [4.69, 9.17) is 4.74 Å². The van der Waals surface area contributed by atoms with Crippen molar-refractivity contribution >= 4 is 10.9 Å². The molecule has 1 aliphatic rings. The molecule has 1 aromatic carbocycles. The summed E-state index contributed by atoms with van der Waals surface area (Å²) in [4.78, 5) is 12.6. The van der Waals surface area contributed by atoms with Crippen molar-refractivity contribution in [3.63, 3.8) is 0 Å². The van der Waals surface area contributed by atoms with Crippen LogP contribution >= 0.6 is 0 Å². The first-order chi connectivity index (χ1) is 9.22. The second-order valence-corrected chi connectivity index (χ2v) is 4.85. The molecule has 0 radical (unpaired) electrons. The lowest BCUT2D eigenvalue weighted by Crippen LogP contribution is -2.32. The van der Waals surface area contributed by atoms with E-state index < -0.39 is 0 Å². The molecule has 19 heavy (non-hydrogen) atoms. The van der Waals surface area contributed by atoms with E-state index in [0.29, 0.717) is 13.2 Å². The van der Waals surface area contributed by atoms with E-state index in [0.717, 1.165) is 40.9 Å². The minimum absolute atomic E-state index is 0.136. The lowest BCUT2D eigenvalue weighted by molar-refractivity contribution is 0.340. The van der Waals surface area contributed by atoms with E-state index in [2.05, 4.69) is 9.88 Å². The number of nitrogens with one attached hydrogen (secondary N) is 1. The van der Waals surface area contributed by atoms with Crippen LogP contribution in [0.2, 0.25) is 0 Å². The average Bonchev–Trinajstić information content (AvgIpc) is 2.45. The molecule has 4 heteroatoms. The topological polar surface area (TPSA) is 43.3 Å². The maximum Gasteiger partial charge on any atom is 0.194 e. The lowest BCUT2D eigenvalue weighted by Gasteiger charge is -2.22. The summed E-state index contributed by atoms with van der Waals surface area (Å²) in [5.41, 5.74) is 3.17. The van der Waals surface area contributed by atoms with Crippen LogP contribution < -0.4 is 15.5 Å².